The molecular weight excluding hydrogens is 316 g/mol. The molecule has 0 amide bonds. The van der Waals surface area contributed by atoms with Gasteiger partial charge in [-0.25, -0.2) is 17.2 Å². The van der Waals surface area contributed by atoms with Crippen LogP contribution in [0.2, 0.25) is 0 Å². The minimum atomic E-state index is -3.98. The number of hydrogen-bond donors (Lipinski definition) is 0. The van der Waals surface area contributed by atoms with Gasteiger partial charge in [0.05, 0.1) is 0 Å². The lowest BCUT2D eigenvalue weighted by molar-refractivity contribution is 0.327. The second kappa shape index (κ2) is 5.15. The van der Waals surface area contributed by atoms with Gasteiger partial charge in [-0.3, -0.25) is 0 Å². The summed E-state index contributed by atoms with van der Waals surface area (Å²) in [6.45, 7) is 2.08. The predicted molar refractivity (Wildman–Crippen MR) is 76.7 cm³/mol. The van der Waals surface area contributed by atoms with Crippen molar-refractivity contribution in [1.29, 1.82) is 0 Å². The first-order valence-corrected chi connectivity index (χ1v) is 8.76. The highest BCUT2D eigenvalue weighted by molar-refractivity contribution is 7.89. The monoisotopic (exact) mass is 329 g/mol. The van der Waals surface area contributed by atoms with E-state index in [1.165, 1.54) is 4.31 Å². The molecule has 0 unspecified atom stereocenters. The number of nitrogens with zero attached hydrogens (tertiary/aromatic N) is 1. The zero-order chi connectivity index (χ0) is 15.2. The van der Waals surface area contributed by atoms with E-state index in [1.807, 2.05) is 11.4 Å². The Morgan fingerprint density at radius 3 is 2.76 bits per heavy atom. The lowest BCUT2D eigenvalue weighted by atomic mass is 10.0. The van der Waals surface area contributed by atoms with Crippen molar-refractivity contribution in [2.45, 2.75) is 24.3 Å². The van der Waals surface area contributed by atoms with Gasteiger partial charge in [0.15, 0.2) is 0 Å². The summed E-state index contributed by atoms with van der Waals surface area (Å²) in [6.07, 6.45) is 0.610. The normalized spacial score (nSPS) is 19.5. The maximum absolute atomic E-state index is 13.8. The summed E-state index contributed by atoms with van der Waals surface area (Å²) in [6, 6.07) is 4.08. The van der Waals surface area contributed by atoms with Crippen molar-refractivity contribution >= 4 is 21.4 Å². The van der Waals surface area contributed by atoms with E-state index in [0.29, 0.717) is 19.0 Å². The van der Waals surface area contributed by atoms with Crippen molar-refractivity contribution in [3.8, 4) is 0 Å². The lowest BCUT2D eigenvalue weighted by Crippen LogP contribution is -2.38. The first kappa shape index (κ1) is 14.6. The molecule has 2 heterocycles. The Kier molecular flexibility index (Phi) is 3.59. The van der Waals surface area contributed by atoms with E-state index in [4.69, 9.17) is 0 Å². The van der Waals surface area contributed by atoms with Gasteiger partial charge in [-0.1, -0.05) is 0 Å². The molecule has 7 heteroatoms. The molecule has 0 radical (unpaired) electrons. The molecule has 0 bridgehead atoms. The molecule has 3 rings (SSSR count). The van der Waals surface area contributed by atoms with Crippen LogP contribution in [0.1, 0.15) is 23.4 Å². The number of thiophene rings is 1. The van der Waals surface area contributed by atoms with Crippen LogP contribution in [0.4, 0.5) is 8.78 Å². The second-order valence-electron chi connectivity index (χ2n) is 4.92. The first-order chi connectivity index (χ1) is 9.91. The van der Waals surface area contributed by atoms with Gasteiger partial charge < -0.3 is 0 Å². The van der Waals surface area contributed by atoms with E-state index in [9.17, 15) is 17.2 Å². The van der Waals surface area contributed by atoms with E-state index in [0.717, 1.165) is 22.6 Å². The highest BCUT2D eigenvalue weighted by Gasteiger charge is 2.35. The minimum absolute atomic E-state index is 0.299. The fourth-order valence-electron chi connectivity index (χ4n) is 2.63. The molecule has 0 spiro atoms. The Bertz CT molecular complexity index is 786. The smallest absolute Gasteiger partial charge is 0.207 e. The molecule has 0 aliphatic carbocycles. The Balaban J connectivity index is 2.03. The third kappa shape index (κ3) is 2.39. The number of sulfonamides is 1. The number of hydrogen-bond acceptors (Lipinski definition) is 3. The van der Waals surface area contributed by atoms with Crippen LogP contribution < -0.4 is 0 Å². The topological polar surface area (TPSA) is 37.4 Å². The van der Waals surface area contributed by atoms with Crippen molar-refractivity contribution in [3.05, 3.63) is 51.7 Å². The van der Waals surface area contributed by atoms with Gasteiger partial charge in [0.25, 0.3) is 0 Å². The summed E-state index contributed by atoms with van der Waals surface area (Å²) in [5, 5.41) is 1.93. The van der Waals surface area contributed by atoms with Crippen LogP contribution in [0.3, 0.4) is 0 Å². The van der Waals surface area contributed by atoms with E-state index in [2.05, 4.69) is 0 Å². The molecule has 112 valence electrons. The Morgan fingerprint density at radius 1 is 1.29 bits per heavy atom. The lowest BCUT2D eigenvalue weighted by Gasteiger charge is -2.32. The molecule has 21 heavy (non-hydrogen) atoms. The van der Waals surface area contributed by atoms with Gasteiger partial charge >= 0.3 is 0 Å². The van der Waals surface area contributed by atoms with Crippen LogP contribution in [0, 0.1) is 11.6 Å². The predicted octanol–water partition coefficient (Wildman–Crippen LogP) is 3.33. The highest BCUT2D eigenvalue weighted by atomic mass is 32.2. The van der Waals surface area contributed by atoms with Gasteiger partial charge in [0, 0.05) is 23.5 Å². The average Bonchev–Trinajstić information content (AvgIpc) is 2.87. The molecule has 1 aliphatic rings. The van der Waals surface area contributed by atoms with Gasteiger partial charge in [-0.15, -0.1) is 11.3 Å². The average molecular weight is 329 g/mol. The quantitative estimate of drug-likeness (QED) is 0.847. The molecule has 1 aromatic heterocycles. The van der Waals surface area contributed by atoms with Crippen molar-refractivity contribution < 1.29 is 17.2 Å². The molecule has 0 saturated carbocycles. The number of halogens is 2. The van der Waals surface area contributed by atoms with Crippen LogP contribution in [0.25, 0.3) is 0 Å². The largest absolute Gasteiger partial charge is 0.246 e. The summed E-state index contributed by atoms with van der Waals surface area (Å²) in [5.74, 6) is -1.85. The molecule has 0 saturated heterocycles. The zero-order valence-corrected chi connectivity index (χ0v) is 12.8. The van der Waals surface area contributed by atoms with Crippen molar-refractivity contribution in [1.82, 2.24) is 4.31 Å². The van der Waals surface area contributed by atoms with Crippen LogP contribution in [0.5, 0.6) is 0 Å². The van der Waals surface area contributed by atoms with Gasteiger partial charge in [-0.05, 0) is 42.5 Å². The molecule has 2 aromatic rings. The summed E-state index contributed by atoms with van der Waals surface area (Å²) in [5.41, 5.74) is 0.956. The number of benzene rings is 1. The van der Waals surface area contributed by atoms with Crippen molar-refractivity contribution in [2.24, 2.45) is 0 Å². The van der Waals surface area contributed by atoms with E-state index in [1.54, 1.807) is 18.3 Å². The van der Waals surface area contributed by atoms with E-state index in [-0.39, 0.29) is 6.04 Å². The third-order valence-corrected chi connectivity index (χ3v) is 6.70. The number of fused-ring (bicyclic) bond motifs is 1. The fourth-order valence-corrected chi connectivity index (χ4v) is 5.25. The van der Waals surface area contributed by atoms with Crippen LogP contribution in [-0.4, -0.2) is 19.3 Å². The van der Waals surface area contributed by atoms with Crippen molar-refractivity contribution in [2.75, 3.05) is 6.54 Å². The zero-order valence-electron chi connectivity index (χ0n) is 11.2. The Labute approximate surface area is 125 Å². The van der Waals surface area contributed by atoms with Gasteiger partial charge in [0.1, 0.15) is 16.5 Å². The Morgan fingerprint density at radius 2 is 2.05 bits per heavy atom. The summed E-state index contributed by atoms with van der Waals surface area (Å²) in [4.78, 5) is 0.683. The molecule has 1 atom stereocenters. The van der Waals surface area contributed by atoms with Crippen LogP contribution in [0.15, 0.2) is 34.5 Å². The summed E-state index contributed by atoms with van der Waals surface area (Å²) in [7, 11) is -3.98. The maximum atomic E-state index is 13.8. The maximum Gasteiger partial charge on any atom is 0.246 e. The van der Waals surface area contributed by atoms with E-state index >= 15 is 0 Å². The molecule has 1 aliphatic heterocycles. The minimum Gasteiger partial charge on any atom is -0.207 e. The van der Waals surface area contributed by atoms with Crippen LogP contribution in [-0.2, 0) is 16.4 Å². The summed E-state index contributed by atoms with van der Waals surface area (Å²) < 4.78 is 53.3. The summed E-state index contributed by atoms with van der Waals surface area (Å²) >= 11 is 1.60. The van der Waals surface area contributed by atoms with Gasteiger partial charge in [-0.2, -0.15) is 4.31 Å². The van der Waals surface area contributed by atoms with Crippen molar-refractivity contribution in [3.63, 3.8) is 0 Å². The fraction of sp³-hybridized carbons (Fsp3) is 0.286. The molecule has 0 N–H and O–H groups in total. The SMILES string of the molecule is C[C@H]1c2ccsc2CCN1S(=O)(=O)c1ccc(F)cc1F. The molecular formula is C14H13F2NO2S2. The molecule has 0 fully saturated rings. The first-order valence-electron chi connectivity index (χ1n) is 6.44. The highest BCUT2D eigenvalue weighted by Crippen LogP contribution is 2.36. The van der Waals surface area contributed by atoms with Crippen LogP contribution >= 0.6 is 11.3 Å². The Hall–Kier alpha value is -1.31. The number of rotatable bonds is 2. The van der Waals surface area contributed by atoms with Gasteiger partial charge in [0.2, 0.25) is 10.0 Å². The standard InChI is InChI=1S/C14H13F2NO2S2/c1-9-11-5-7-20-13(11)4-6-17(9)21(18,19)14-3-2-10(15)8-12(14)16/h2-3,5,7-9H,4,6H2,1H3/t9-/m0/s1. The second-order valence-corrected chi connectivity index (χ2v) is 7.78. The van der Waals surface area contributed by atoms with E-state index < -0.39 is 26.6 Å². The molecule has 1 aromatic carbocycles. The third-order valence-electron chi connectivity index (χ3n) is 3.70. The molecule has 3 nitrogen and oxygen atoms in total.